The van der Waals surface area contributed by atoms with Gasteiger partial charge in [0, 0.05) is 5.56 Å². The molecule has 1 atom stereocenters. The average Bonchev–Trinajstić information content (AvgIpc) is 2.97. The Morgan fingerprint density at radius 3 is 2.58 bits per heavy atom. The SMILES string of the molecule is COc1ccc([C@]2(O)CN(c3ccccc3)C3=[N+]2CCOC3)cc1. The molecule has 2 aromatic rings. The van der Waals surface area contributed by atoms with Crippen molar-refractivity contribution in [1.82, 2.24) is 0 Å². The van der Waals surface area contributed by atoms with Crippen molar-refractivity contribution >= 4 is 11.5 Å². The molecule has 2 aromatic carbocycles. The maximum Gasteiger partial charge on any atom is 0.281 e. The summed E-state index contributed by atoms with van der Waals surface area (Å²) in [6.07, 6.45) is 0. The molecule has 2 heterocycles. The number of hydrogen-bond acceptors (Lipinski definition) is 4. The molecule has 24 heavy (non-hydrogen) atoms. The van der Waals surface area contributed by atoms with E-state index in [9.17, 15) is 5.11 Å². The van der Waals surface area contributed by atoms with Crippen molar-refractivity contribution in [3.8, 4) is 5.75 Å². The third-order valence-electron chi connectivity index (χ3n) is 4.76. The number of nitrogens with zero attached hydrogens (tertiary/aromatic N) is 2. The topological polar surface area (TPSA) is 44.9 Å². The van der Waals surface area contributed by atoms with Crippen LogP contribution < -0.4 is 9.64 Å². The fraction of sp³-hybridized carbons (Fsp3) is 0.316. The van der Waals surface area contributed by atoms with Crippen LogP contribution in [-0.4, -0.2) is 48.9 Å². The molecular weight excluding hydrogens is 304 g/mol. The molecule has 1 N–H and O–H groups in total. The third-order valence-corrected chi connectivity index (χ3v) is 4.76. The van der Waals surface area contributed by atoms with E-state index in [4.69, 9.17) is 9.47 Å². The maximum absolute atomic E-state index is 11.5. The number of methoxy groups -OCH3 is 1. The summed E-state index contributed by atoms with van der Waals surface area (Å²) in [4.78, 5) is 2.14. The van der Waals surface area contributed by atoms with Crippen LogP contribution in [0.5, 0.6) is 5.75 Å². The number of ether oxygens (including phenoxy) is 2. The zero-order valence-corrected chi connectivity index (χ0v) is 13.7. The Morgan fingerprint density at radius 2 is 1.88 bits per heavy atom. The summed E-state index contributed by atoms with van der Waals surface area (Å²) >= 11 is 0. The van der Waals surface area contributed by atoms with E-state index >= 15 is 0 Å². The number of anilines is 1. The lowest BCUT2D eigenvalue weighted by Gasteiger charge is -2.24. The molecule has 2 aliphatic heterocycles. The quantitative estimate of drug-likeness (QED) is 0.874. The summed E-state index contributed by atoms with van der Waals surface area (Å²) in [6.45, 7) is 2.27. The zero-order valence-electron chi connectivity index (χ0n) is 13.7. The second kappa shape index (κ2) is 5.92. The zero-order chi connectivity index (χ0) is 16.6. The molecule has 0 amide bonds. The second-order valence-electron chi connectivity index (χ2n) is 6.09. The van der Waals surface area contributed by atoms with Gasteiger partial charge in [-0.15, -0.1) is 0 Å². The largest absolute Gasteiger partial charge is 0.497 e. The predicted molar refractivity (Wildman–Crippen MR) is 91.6 cm³/mol. The van der Waals surface area contributed by atoms with E-state index in [-0.39, 0.29) is 0 Å². The lowest BCUT2D eigenvalue weighted by atomic mass is 10.0. The van der Waals surface area contributed by atoms with Crippen molar-refractivity contribution in [1.29, 1.82) is 0 Å². The maximum atomic E-state index is 11.5. The Morgan fingerprint density at radius 1 is 1.12 bits per heavy atom. The molecule has 0 saturated heterocycles. The summed E-state index contributed by atoms with van der Waals surface area (Å²) in [5, 5.41) is 11.5. The number of amidine groups is 1. The van der Waals surface area contributed by atoms with Crippen molar-refractivity contribution < 1.29 is 19.2 Å². The Hall–Kier alpha value is -2.37. The first-order valence-corrected chi connectivity index (χ1v) is 8.13. The number of rotatable bonds is 3. The predicted octanol–water partition coefficient (Wildman–Crippen LogP) is 1.80. The van der Waals surface area contributed by atoms with Crippen molar-refractivity contribution in [3.05, 3.63) is 60.2 Å². The molecular formula is C19H21N2O3+. The average molecular weight is 325 g/mol. The van der Waals surface area contributed by atoms with E-state index in [2.05, 4.69) is 21.6 Å². The molecule has 0 aromatic heterocycles. The minimum absolute atomic E-state index is 0.474. The highest BCUT2D eigenvalue weighted by Crippen LogP contribution is 2.34. The first-order valence-electron chi connectivity index (χ1n) is 8.13. The molecule has 4 rings (SSSR count). The Balaban J connectivity index is 1.77. The summed E-state index contributed by atoms with van der Waals surface area (Å²) in [5.74, 6) is 1.79. The van der Waals surface area contributed by atoms with Crippen molar-refractivity contribution in [3.63, 3.8) is 0 Å². The molecule has 0 fully saturated rings. The van der Waals surface area contributed by atoms with E-state index in [0.29, 0.717) is 26.3 Å². The normalized spacial score (nSPS) is 23.3. The van der Waals surface area contributed by atoms with Gasteiger partial charge in [-0.3, -0.25) is 0 Å². The van der Waals surface area contributed by atoms with Gasteiger partial charge in [0.05, 0.1) is 13.7 Å². The van der Waals surface area contributed by atoms with Crippen LogP contribution in [0.3, 0.4) is 0 Å². The highest BCUT2D eigenvalue weighted by atomic mass is 16.5. The van der Waals surface area contributed by atoms with Crippen molar-refractivity contribution in [2.24, 2.45) is 0 Å². The number of para-hydroxylation sites is 1. The van der Waals surface area contributed by atoms with Gasteiger partial charge in [-0.05, 0) is 36.4 Å². The summed E-state index contributed by atoms with van der Waals surface area (Å²) in [7, 11) is 1.64. The highest BCUT2D eigenvalue weighted by molar-refractivity contribution is 5.96. The molecule has 5 nitrogen and oxygen atoms in total. The van der Waals surface area contributed by atoms with Gasteiger partial charge in [-0.2, -0.15) is 0 Å². The standard InChI is InChI=1S/C19H21N2O3/c1-23-17-9-7-15(8-10-17)19(22)14-20(16-5-3-2-4-6-16)18-13-24-12-11-21(18)19/h2-10,22H,11-14H2,1H3/q+1/t19-/m1/s1. The van der Waals surface area contributed by atoms with Gasteiger partial charge < -0.3 is 14.6 Å². The summed E-state index contributed by atoms with van der Waals surface area (Å²) in [5.41, 5.74) is 0.856. The molecule has 0 saturated carbocycles. The molecule has 0 spiro atoms. The van der Waals surface area contributed by atoms with Crippen LogP contribution in [0, 0.1) is 0 Å². The van der Waals surface area contributed by atoms with Crippen LogP contribution in [0.4, 0.5) is 5.69 Å². The minimum atomic E-state index is -1.07. The first-order chi connectivity index (χ1) is 11.7. The number of benzene rings is 2. The van der Waals surface area contributed by atoms with Crippen LogP contribution in [0.1, 0.15) is 5.56 Å². The number of β-amino-alcohol motifs (C(OH)–C–C–N with tert-alkyl or cyclic N) is 1. The molecule has 2 aliphatic rings. The van der Waals surface area contributed by atoms with Crippen LogP contribution in [0.25, 0.3) is 0 Å². The lowest BCUT2D eigenvalue weighted by Crippen LogP contribution is -2.43. The Labute approximate surface area is 141 Å². The van der Waals surface area contributed by atoms with E-state index in [1.54, 1.807) is 7.11 Å². The number of aliphatic hydroxyl groups is 1. The van der Waals surface area contributed by atoms with Gasteiger partial charge in [0.1, 0.15) is 24.6 Å². The fourth-order valence-corrected chi connectivity index (χ4v) is 3.50. The van der Waals surface area contributed by atoms with Crippen molar-refractivity contribution in [2.45, 2.75) is 5.72 Å². The van der Waals surface area contributed by atoms with Crippen LogP contribution in [0.15, 0.2) is 54.6 Å². The van der Waals surface area contributed by atoms with E-state index in [0.717, 1.165) is 22.8 Å². The van der Waals surface area contributed by atoms with Gasteiger partial charge >= 0.3 is 0 Å². The van der Waals surface area contributed by atoms with Crippen molar-refractivity contribution in [2.75, 3.05) is 38.3 Å². The van der Waals surface area contributed by atoms with E-state index in [1.807, 2.05) is 42.5 Å². The minimum Gasteiger partial charge on any atom is -0.497 e. The summed E-state index contributed by atoms with van der Waals surface area (Å²) in [6, 6.07) is 17.8. The number of hydrogen-bond donors (Lipinski definition) is 1. The Kier molecular flexibility index (Phi) is 3.75. The van der Waals surface area contributed by atoms with Gasteiger partial charge in [0.15, 0.2) is 6.54 Å². The molecule has 0 radical (unpaired) electrons. The lowest BCUT2D eigenvalue weighted by molar-refractivity contribution is -0.663. The van der Waals surface area contributed by atoms with E-state index in [1.165, 1.54) is 0 Å². The second-order valence-corrected chi connectivity index (χ2v) is 6.09. The van der Waals surface area contributed by atoms with Gasteiger partial charge in [-0.25, -0.2) is 9.48 Å². The monoisotopic (exact) mass is 325 g/mol. The van der Waals surface area contributed by atoms with Crippen LogP contribution >= 0.6 is 0 Å². The first kappa shape index (κ1) is 15.2. The van der Waals surface area contributed by atoms with Crippen LogP contribution in [-0.2, 0) is 10.5 Å². The third kappa shape index (κ3) is 2.37. The molecule has 124 valence electrons. The smallest absolute Gasteiger partial charge is 0.281 e. The van der Waals surface area contributed by atoms with Gasteiger partial charge in [-0.1, -0.05) is 18.2 Å². The molecule has 5 heteroatoms. The Bertz CT molecular complexity index is 758. The highest BCUT2D eigenvalue weighted by Gasteiger charge is 2.52. The van der Waals surface area contributed by atoms with Gasteiger partial charge in [0.2, 0.25) is 0 Å². The van der Waals surface area contributed by atoms with Crippen LogP contribution in [0.2, 0.25) is 0 Å². The molecule has 0 bridgehead atoms. The summed E-state index contributed by atoms with van der Waals surface area (Å²) < 4.78 is 12.9. The molecule has 0 unspecified atom stereocenters. The van der Waals surface area contributed by atoms with E-state index < -0.39 is 5.72 Å². The molecule has 0 aliphatic carbocycles. The van der Waals surface area contributed by atoms with Gasteiger partial charge in [0.25, 0.3) is 11.6 Å². The fourth-order valence-electron chi connectivity index (χ4n) is 3.50.